The number of hydrogen-bond donors (Lipinski definition) is 2. The van der Waals surface area contributed by atoms with Crippen molar-refractivity contribution in [3.05, 3.63) is 64.6 Å². The maximum absolute atomic E-state index is 5.27. The molecule has 3 nitrogen and oxygen atoms in total. The van der Waals surface area contributed by atoms with E-state index in [1.54, 1.807) is 0 Å². The van der Waals surface area contributed by atoms with Gasteiger partial charge in [-0.15, -0.1) is 0 Å². The number of halogens is 1. The van der Waals surface area contributed by atoms with Crippen molar-refractivity contribution >= 4 is 27.9 Å². The Balaban J connectivity index is 0.000000188. The Labute approximate surface area is 145 Å². The molecule has 2 aromatic rings. The van der Waals surface area contributed by atoms with Gasteiger partial charge in [0.1, 0.15) is 0 Å². The fourth-order valence-corrected chi connectivity index (χ4v) is 2.79. The van der Waals surface area contributed by atoms with E-state index in [0.29, 0.717) is 0 Å². The third kappa shape index (κ3) is 6.50. The molecule has 1 aliphatic rings. The number of piperazine rings is 1. The van der Waals surface area contributed by atoms with E-state index in [0.717, 1.165) is 42.1 Å². The zero-order valence-corrected chi connectivity index (χ0v) is 14.9. The largest absolute Gasteiger partial charge is 0.314 e. The Kier molecular flexibility index (Phi) is 7.98. The van der Waals surface area contributed by atoms with E-state index < -0.39 is 0 Å². The zero-order valence-electron chi connectivity index (χ0n) is 12.5. The minimum Gasteiger partial charge on any atom is -0.314 e. The Bertz CT molecular complexity index is 527. The van der Waals surface area contributed by atoms with Crippen molar-refractivity contribution in [3.63, 3.8) is 0 Å². The summed E-state index contributed by atoms with van der Waals surface area (Å²) in [5, 5.41) is 8.63. The molecule has 0 amide bonds. The van der Waals surface area contributed by atoms with Gasteiger partial charge >= 0.3 is 0 Å². The molecular weight excluding hydrogens is 358 g/mol. The third-order valence-electron chi connectivity index (χ3n) is 3.41. The van der Waals surface area contributed by atoms with Crippen LogP contribution < -0.4 is 10.5 Å². The zero-order chi connectivity index (χ0) is 15.6. The fourth-order valence-electron chi connectivity index (χ4n) is 2.22. The molecule has 0 atom stereocenters. The average Bonchev–Trinajstić information content (AvgIpc) is 2.59. The van der Waals surface area contributed by atoms with Crippen LogP contribution in [0.3, 0.4) is 0 Å². The molecule has 0 aromatic heterocycles. The molecule has 5 heteroatoms. The van der Waals surface area contributed by atoms with Gasteiger partial charge in [-0.25, -0.2) is 0 Å². The van der Waals surface area contributed by atoms with Crippen molar-refractivity contribution in [1.82, 2.24) is 10.2 Å². The maximum Gasteiger partial charge on any atom is 0.0234 e. The van der Waals surface area contributed by atoms with Crippen LogP contribution in [0.25, 0.3) is 0 Å². The van der Waals surface area contributed by atoms with Crippen LogP contribution in [0.15, 0.2) is 64.0 Å². The molecule has 3 rings (SSSR count). The molecule has 22 heavy (non-hydrogen) atoms. The number of nitrogens with zero attached hydrogens (tertiary/aromatic N) is 1. The summed E-state index contributed by atoms with van der Waals surface area (Å²) in [5.41, 5.74) is 1.40. The van der Waals surface area contributed by atoms with E-state index in [4.69, 9.17) is 5.14 Å². The van der Waals surface area contributed by atoms with E-state index in [1.807, 2.05) is 30.3 Å². The first-order valence-corrected chi connectivity index (χ1v) is 9.04. The smallest absolute Gasteiger partial charge is 0.0234 e. The van der Waals surface area contributed by atoms with Crippen LogP contribution >= 0.6 is 27.9 Å². The second kappa shape index (κ2) is 10.0. The molecule has 118 valence electrons. The van der Waals surface area contributed by atoms with Crippen LogP contribution in [0.1, 0.15) is 5.56 Å². The van der Waals surface area contributed by atoms with Crippen molar-refractivity contribution in [2.75, 3.05) is 26.2 Å². The predicted molar refractivity (Wildman–Crippen MR) is 98.8 cm³/mol. The highest BCUT2D eigenvalue weighted by Crippen LogP contribution is 2.12. The van der Waals surface area contributed by atoms with Crippen LogP contribution in [-0.2, 0) is 6.54 Å². The van der Waals surface area contributed by atoms with Gasteiger partial charge in [-0.1, -0.05) is 46.3 Å². The molecular formula is C17H22BrN3S. The molecule has 2 aromatic carbocycles. The summed E-state index contributed by atoms with van der Waals surface area (Å²) in [6, 6.07) is 18.5. The lowest BCUT2D eigenvalue weighted by molar-refractivity contribution is 0.233. The first kappa shape index (κ1) is 17.5. The quantitative estimate of drug-likeness (QED) is 0.800. The van der Waals surface area contributed by atoms with Gasteiger partial charge in [-0.05, 0) is 41.8 Å². The van der Waals surface area contributed by atoms with Gasteiger partial charge in [0.25, 0.3) is 0 Å². The Morgan fingerprint density at radius 2 is 1.64 bits per heavy atom. The molecule has 3 N–H and O–H groups in total. The molecule has 0 spiro atoms. The van der Waals surface area contributed by atoms with E-state index in [9.17, 15) is 0 Å². The number of rotatable bonds is 3. The normalized spacial score (nSPS) is 15.0. The average molecular weight is 380 g/mol. The molecule has 1 fully saturated rings. The molecule has 1 heterocycles. The summed E-state index contributed by atoms with van der Waals surface area (Å²) in [6.45, 7) is 5.65. The van der Waals surface area contributed by atoms with Gasteiger partial charge < -0.3 is 5.32 Å². The molecule has 1 aliphatic heterocycles. The van der Waals surface area contributed by atoms with E-state index in [1.165, 1.54) is 17.5 Å². The lowest BCUT2D eigenvalue weighted by Gasteiger charge is -2.27. The van der Waals surface area contributed by atoms with Gasteiger partial charge in [0.05, 0.1) is 0 Å². The standard InChI is InChI=1S/C11H15BrN2.C6H7NS/c12-11-3-1-10(2-4-11)9-14-7-5-13-6-8-14;7-8-6-4-2-1-3-5-6/h1-4,13H,5-9H2;1-5H,7H2. The van der Waals surface area contributed by atoms with Crippen LogP contribution in [0, 0.1) is 0 Å². The molecule has 0 radical (unpaired) electrons. The summed E-state index contributed by atoms with van der Waals surface area (Å²) in [4.78, 5) is 3.59. The Morgan fingerprint density at radius 1 is 1.00 bits per heavy atom. The molecule has 0 bridgehead atoms. The molecule has 1 saturated heterocycles. The predicted octanol–water partition coefficient (Wildman–Crippen LogP) is 3.51. The number of nitrogens with one attached hydrogen (secondary N) is 1. The van der Waals surface area contributed by atoms with Gasteiger partial charge in [-0.2, -0.15) is 0 Å². The van der Waals surface area contributed by atoms with Gasteiger partial charge in [0.15, 0.2) is 0 Å². The van der Waals surface area contributed by atoms with Gasteiger partial charge in [0.2, 0.25) is 0 Å². The summed E-state index contributed by atoms with van der Waals surface area (Å²) in [6.07, 6.45) is 0. The van der Waals surface area contributed by atoms with Crippen LogP contribution in [-0.4, -0.2) is 31.1 Å². The minimum absolute atomic E-state index is 1.08. The first-order valence-electron chi connectivity index (χ1n) is 7.37. The van der Waals surface area contributed by atoms with Gasteiger partial charge in [-0.3, -0.25) is 10.0 Å². The minimum atomic E-state index is 1.08. The summed E-state index contributed by atoms with van der Waals surface area (Å²) in [5.74, 6) is 0. The topological polar surface area (TPSA) is 41.3 Å². The van der Waals surface area contributed by atoms with Gasteiger partial charge in [0, 0.05) is 42.1 Å². The molecule has 0 aliphatic carbocycles. The van der Waals surface area contributed by atoms with Crippen LogP contribution in [0.2, 0.25) is 0 Å². The number of hydrogen-bond acceptors (Lipinski definition) is 4. The SMILES string of the molecule is Brc1ccc(CN2CCNCC2)cc1.NSc1ccccc1. The van der Waals surface area contributed by atoms with Crippen molar-refractivity contribution in [1.29, 1.82) is 0 Å². The van der Waals surface area contributed by atoms with E-state index in [-0.39, 0.29) is 0 Å². The highest BCUT2D eigenvalue weighted by atomic mass is 79.9. The van der Waals surface area contributed by atoms with Crippen molar-refractivity contribution < 1.29 is 0 Å². The van der Waals surface area contributed by atoms with Crippen molar-refractivity contribution in [2.24, 2.45) is 5.14 Å². The Hall–Kier alpha value is -0.850. The van der Waals surface area contributed by atoms with Crippen LogP contribution in [0.4, 0.5) is 0 Å². The van der Waals surface area contributed by atoms with E-state index in [2.05, 4.69) is 50.4 Å². The van der Waals surface area contributed by atoms with Crippen molar-refractivity contribution in [3.8, 4) is 0 Å². The summed E-state index contributed by atoms with van der Waals surface area (Å²) >= 11 is 4.72. The lowest BCUT2D eigenvalue weighted by atomic mass is 10.2. The van der Waals surface area contributed by atoms with Crippen LogP contribution in [0.5, 0.6) is 0 Å². The third-order valence-corrected chi connectivity index (χ3v) is 4.48. The molecule has 0 unspecified atom stereocenters. The maximum atomic E-state index is 5.27. The number of benzene rings is 2. The highest BCUT2D eigenvalue weighted by Gasteiger charge is 2.09. The second-order valence-corrected chi connectivity index (χ2v) is 6.71. The first-order chi connectivity index (χ1) is 10.8. The van der Waals surface area contributed by atoms with Crippen molar-refractivity contribution in [2.45, 2.75) is 11.4 Å². The lowest BCUT2D eigenvalue weighted by Crippen LogP contribution is -2.42. The van der Waals surface area contributed by atoms with E-state index >= 15 is 0 Å². The summed E-state index contributed by atoms with van der Waals surface area (Å²) < 4.78 is 1.15. The highest BCUT2D eigenvalue weighted by molar-refractivity contribution is 9.10. The molecule has 0 saturated carbocycles. The number of nitrogens with two attached hydrogens (primary N) is 1. The fraction of sp³-hybridized carbons (Fsp3) is 0.294. The second-order valence-electron chi connectivity index (χ2n) is 5.08. The Morgan fingerprint density at radius 3 is 2.18 bits per heavy atom. The monoisotopic (exact) mass is 379 g/mol. The summed E-state index contributed by atoms with van der Waals surface area (Å²) in [7, 11) is 0.